The molecular formula is C39H77O8P. The van der Waals surface area contributed by atoms with Gasteiger partial charge in [0.2, 0.25) is 0 Å². The van der Waals surface area contributed by atoms with E-state index in [1.54, 1.807) is 0 Å². The SMILES string of the molecule is CCCCCCCCCCCCCCCCCCCCCCC(=O)OC(COC(=O)CCCCCCCCCCCC)COP(=O)(O)O. The average Bonchev–Trinajstić information content (AvgIpc) is 3.05. The van der Waals surface area contributed by atoms with Crippen molar-refractivity contribution in [2.75, 3.05) is 13.2 Å². The number of hydrogen-bond acceptors (Lipinski definition) is 6. The Labute approximate surface area is 295 Å². The molecule has 0 aliphatic rings. The third-order valence-corrected chi connectivity index (χ3v) is 9.61. The lowest BCUT2D eigenvalue weighted by molar-refractivity contribution is -0.161. The van der Waals surface area contributed by atoms with Crippen molar-refractivity contribution in [3.05, 3.63) is 0 Å². The zero-order valence-corrected chi connectivity index (χ0v) is 32.3. The molecule has 0 aromatic rings. The highest BCUT2D eigenvalue weighted by molar-refractivity contribution is 7.46. The lowest BCUT2D eigenvalue weighted by Gasteiger charge is -2.18. The molecule has 9 heteroatoms. The van der Waals surface area contributed by atoms with E-state index in [1.165, 1.54) is 154 Å². The van der Waals surface area contributed by atoms with Gasteiger partial charge in [0.25, 0.3) is 0 Å². The molecule has 0 heterocycles. The summed E-state index contributed by atoms with van der Waals surface area (Å²) in [6.07, 6.45) is 36.9. The van der Waals surface area contributed by atoms with E-state index in [2.05, 4.69) is 18.4 Å². The van der Waals surface area contributed by atoms with Crippen LogP contribution in [-0.2, 0) is 28.2 Å². The van der Waals surface area contributed by atoms with Crippen LogP contribution < -0.4 is 0 Å². The Hall–Kier alpha value is -0.950. The summed E-state index contributed by atoms with van der Waals surface area (Å²) in [6, 6.07) is 0. The average molecular weight is 705 g/mol. The number of rotatable bonds is 38. The van der Waals surface area contributed by atoms with Crippen LogP contribution in [0, 0.1) is 0 Å². The van der Waals surface area contributed by atoms with Crippen molar-refractivity contribution in [1.82, 2.24) is 0 Å². The van der Waals surface area contributed by atoms with Crippen LogP contribution in [0.5, 0.6) is 0 Å². The summed E-state index contributed by atoms with van der Waals surface area (Å²) < 4.78 is 26.3. The molecule has 0 aliphatic carbocycles. The molecule has 0 fully saturated rings. The molecule has 0 spiro atoms. The molecule has 2 N–H and O–H groups in total. The Morgan fingerprint density at radius 3 is 1.06 bits per heavy atom. The molecule has 48 heavy (non-hydrogen) atoms. The van der Waals surface area contributed by atoms with Crippen molar-refractivity contribution < 1.29 is 37.9 Å². The van der Waals surface area contributed by atoms with Crippen molar-refractivity contribution in [1.29, 1.82) is 0 Å². The molecule has 0 aromatic carbocycles. The predicted molar refractivity (Wildman–Crippen MR) is 198 cm³/mol. The van der Waals surface area contributed by atoms with Gasteiger partial charge >= 0.3 is 19.8 Å². The number of carbonyl (C=O) groups is 2. The van der Waals surface area contributed by atoms with E-state index in [4.69, 9.17) is 19.3 Å². The van der Waals surface area contributed by atoms with Crippen LogP contribution in [0.2, 0.25) is 0 Å². The van der Waals surface area contributed by atoms with Crippen molar-refractivity contribution in [3.63, 3.8) is 0 Å². The van der Waals surface area contributed by atoms with Crippen LogP contribution in [0.4, 0.5) is 0 Å². The lowest BCUT2D eigenvalue weighted by atomic mass is 10.0. The van der Waals surface area contributed by atoms with Crippen molar-refractivity contribution in [2.24, 2.45) is 0 Å². The zero-order valence-electron chi connectivity index (χ0n) is 31.4. The van der Waals surface area contributed by atoms with Crippen LogP contribution in [0.1, 0.15) is 219 Å². The van der Waals surface area contributed by atoms with Gasteiger partial charge in [-0.3, -0.25) is 14.1 Å². The van der Waals surface area contributed by atoms with Crippen LogP contribution in [-0.4, -0.2) is 41.0 Å². The molecular weight excluding hydrogens is 627 g/mol. The second-order valence-electron chi connectivity index (χ2n) is 14.0. The van der Waals surface area contributed by atoms with Crippen molar-refractivity contribution in [3.8, 4) is 0 Å². The molecule has 1 atom stereocenters. The van der Waals surface area contributed by atoms with E-state index in [-0.39, 0.29) is 19.4 Å². The first-order chi connectivity index (χ1) is 23.3. The van der Waals surface area contributed by atoms with Crippen molar-refractivity contribution >= 4 is 19.8 Å². The fraction of sp³-hybridized carbons (Fsp3) is 0.949. The Morgan fingerprint density at radius 2 is 0.750 bits per heavy atom. The molecule has 0 aromatic heterocycles. The molecule has 0 saturated carbocycles. The molecule has 0 radical (unpaired) electrons. The number of hydrogen-bond donors (Lipinski definition) is 2. The molecule has 0 rings (SSSR count). The number of unbranched alkanes of at least 4 members (excludes halogenated alkanes) is 28. The van der Waals surface area contributed by atoms with Gasteiger partial charge in [0, 0.05) is 12.8 Å². The van der Waals surface area contributed by atoms with E-state index in [0.29, 0.717) is 6.42 Å². The van der Waals surface area contributed by atoms with Gasteiger partial charge in [-0.1, -0.05) is 194 Å². The van der Waals surface area contributed by atoms with Gasteiger partial charge in [0.15, 0.2) is 6.10 Å². The molecule has 1 unspecified atom stereocenters. The molecule has 0 saturated heterocycles. The number of phosphoric ester groups is 1. The van der Waals surface area contributed by atoms with Crippen molar-refractivity contribution in [2.45, 2.75) is 225 Å². The Balaban J connectivity index is 3.82. The van der Waals surface area contributed by atoms with E-state index in [9.17, 15) is 14.2 Å². The second kappa shape index (κ2) is 35.9. The summed E-state index contributed by atoms with van der Waals surface area (Å²) >= 11 is 0. The second-order valence-corrected chi connectivity index (χ2v) is 15.2. The van der Waals surface area contributed by atoms with Crippen LogP contribution in [0.3, 0.4) is 0 Å². The number of phosphoric acid groups is 1. The standard InChI is InChI=1S/C39H77O8P/c1-3-5-7-9-11-13-15-16-17-18-19-20-21-22-23-24-26-28-30-32-34-39(41)47-37(36-46-48(42,43)44)35-45-38(40)33-31-29-27-25-14-12-10-8-6-4-2/h37H,3-36H2,1-2H3,(H2,42,43,44). The maximum atomic E-state index is 12.4. The van der Waals surface area contributed by atoms with E-state index in [0.717, 1.165) is 32.1 Å². The Bertz CT molecular complexity index is 756. The fourth-order valence-electron chi connectivity index (χ4n) is 6.08. The first-order valence-corrected chi connectivity index (χ1v) is 21.9. The van der Waals surface area contributed by atoms with Crippen LogP contribution in [0.15, 0.2) is 0 Å². The first-order valence-electron chi connectivity index (χ1n) is 20.3. The summed E-state index contributed by atoms with van der Waals surface area (Å²) in [7, 11) is -4.74. The quantitative estimate of drug-likeness (QED) is 0.0370. The van der Waals surface area contributed by atoms with E-state index >= 15 is 0 Å². The molecule has 0 amide bonds. The van der Waals surface area contributed by atoms with E-state index in [1.807, 2.05) is 0 Å². The highest BCUT2D eigenvalue weighted by Crippen LogP contribution is 2.36. The highest BCUT2D eigenvalue weighted by atomic mass is 31.2. The minimum Gasteiger partial charge on any atom is -0.462 e. The summed E-state index contributed by atoms with van der Waals surface area (Å²) in [6.45, 7) is 3.69. The summed E-state index contributed by atoms with van der Waals surface area (Å²) in [5.41, 5.74) is 0. The van der Waals surface area contributed by atoms with Gasteiger partial charge in [-0.15, -0.1) is 0 Å². The maximum Gasteiger partial charge on any atom is 0.469 e. The highest BCUT2D eigenvalue weighted by Gasteiger charge is 2.22. The normalized spacial score (nSPS) is 12.3. The lowest BCUT2D eigenvalue weighted by Crippen LogP contribution is -2.29. The third kappa shape index (κ3) is 37.9. The monoisotopic (exact) mass is 705 g/mol. The van der Waals surface area contributed by atoms with Gasteiger partial charge in [0.1, 0.15) is 6.61 Å². The summed E-state index contributed by atoms with van der Waals surface area (Å²) in [5, 5.41) is 0. The fourth-order valence-corrected chi connectivity index (χ4v) is 6.44. The predicted octanol–water partition coefficient (Wildman–Crippen LogP) is 12.1. The van der Waals surface area contributed by atoms with Gasteiger partial charge < -0.3 is 19.3 Å². The number of carbonyl (C=O) groups excluding carboxylic acids is 2. The van der Waals surface area contributed by atoms with Gasteiger partial charge in [0.05, 0.1) is 6.61 Å². The minimum atomic E-state index is -4.74. The van der Waals surface area contributed by atoms with Gasteiger partial charge in [-0.05, 0) is 12.8 Å². The Kier molecular flexibility index (Phi) is 35.2. The maximum absolute atomic E-state index is 12.4. The summed E-state index contributed by atoms with van der Waals surface area (Å²) in [5.74, 6) is -0.872. The molecule has 286 valence electrons. The first kappa shape index (κ1) is 47.0. The third-order valence-electron chi connectivity index (χ3n) is 9.13. The van der Waals surface area contributed by atoms with E-state index < -0.39 is 32.5 Å². The van der Waals surface area contributed by atoms with Crippen LogP contribution in [0.25, 0.3) is 0 Å². The zero-order chi connectivity index (χ0) is 35.4. The number of ether oxygens (including phenoxy) is 2. The smallest absolute Gasteiger partial charge is 0.462 e. The Morgan fingerprint density at radius 1 is 0.458 bits per heavy atom. The van der Waals surface area contributed by atoms with Gasteiger partial charge in [-0.25, -0.2) is 4.57 Å². The molecule has 0 bridgehead atoms. The minimum absolute atomic E-state index is 0.220. The topological polar surface area (TPSA) is 119 Å². The molecule has 0 aliphatic heterocycles. The van der Waals surface area contributed by atoms with Crippen LogP contribution >= 0.6 is 7.82 Å². The summed E-state index contributed by atoms with van der Waals surface area (Å²) in [4.78, 5) is 42.7. The number of esters is 2. The largest absolute Gasteiger partial charge is 0.469 e. The van der Waals surface area contributed by atoms with Gasteiger partial charge in [-0.2, -0.15) is 0 Å². The molecule has 8 nitrogen and oxygen atoms in total.